The Morgan fingerprint density at radius 1 is 1.10 bits per heavy atom. The summed E-state index contributed by atoms with van der Waals surface area (Å²) in [6.45, 7) is 5.75. The standard InChI is InChI=1S/C21H28N8O/c1-2-3-8-22-9-5-10-23-21-24-11-7-16(27-21)17-13-25-18-14-26-19(15-29(17)18)28-12-4-6-20(28)30/h7,11,13-15,22H,2-6,8-10,12H2,1H3,(H,23,24,27). The van der Waals surface area contributed by atoms with Gasteiger partial charge in [0.15, 0.2) is 11.5 Å². The van der Waals surface area contributed by atoms with E-state index in [0.29, 0.717) is 30.4 Å². The number of fused-ring (bicyclic) bond motifs is 1. The van der Waals surface area contributed by atoms with Crippen molar-refractivity contribution in [3.05, 3.63) is 30.9 Å². The zero-order valence-electron chi connectivity index (χ0n) is 17.3. The number of nitrogens with one attached hydrogen (secondary N) is 2. The first-order valence-corrected chi connectivity index (χ1v) is 10.7. The molecule has 158 valence electrons. The highest BCUT2D eigenvalue weighted by Crippen LogP contribution is 2.23. The first-order valence-electron chi connectivity index (χ1n) is 10.7. The van der Waals surface area contributed by atoms with Crippen LogP contribution >= 0.6 is 0 Å². The highest BCUT2D eigenvalue weighted by molar-refractivity contribution is 5.94. The molecule has 0 aliphatic carbocycles. The van der Waals surface area contributed by atoms with E-state index in [4.69, 9.17) is 0 Å². The summed E-state index contributed by atoms with van der Waals surface area (Å²) in [7, 11) is 0. The van der Waals surface area contributed by atoms with E-state index in [1.165, 1.54) is 12.8 Å². The third-order valence-corrected chi connectivity index (χ3v) is 5.17. The van der Waals surface area contributed by atoms with Crippen molar-refractivity contribution in [2.24, 2.45) is 0 Å². The zero-order valence-corrected chi connectivity index (χ0v) is 17.3. The zero-order chi connectivity index (χ0) is 20.8. The van der Waals surface area contributed by atoms with E-state index >= 15 is 0 Å². The van der Waals surface area contributed by atoms with E-state index in [9.17, 15) is 4.79 Å². The molecule has 0 bridgehead atoms. The number of aromatic nitrogens is 5. The Balaban J connectivity index is 1.46. The normalized spacial score (nSPS) is 14.0. The second-order valence-electron chi connectivity index (χ2n) is 7.42. The van der Waals surface area contributed by atoms with Gasteiger partial charge in [-0.25, -0.2) is 19.9 Å². The molecule has 1 saturated heterocycles. The van der Waals surface area contributed by atoms with Crippen molar-refractivity contribution in [2.75, 3.05) is 36.4 Å². The van der Waals surface area contributed by atoms with Gasteiger partial charge in [-0.3, -0.25) is 14.1 Å². The van der Waals surface area contributed by atoms with Crippen molar-refractivity contribution in [2.45, 2.75) is 39.0 Å². The van der Waals surface area contributed by atoms with Gasteiger partial charge in [0.2, 0.25) is 11.9 Å². The quantitative estimate of drug-likeness (QED) is 0.497. The molecule has 1 aliphatic rings. The van der Waals surface area contributed by atoms with Gasteiger partial charge < -0.3 is 10.6 Å². The van der Waals surface area contributed by atoms with Crippen LogP contribution in [0.15, 0.2) is 30.9 Å². The average Bonchev–Trinajstić information content (AvgIpc) is 3.39. The lowest BCUT2D eigenvalue weighted by Crippen LogP contribution is -2.25. The minimum atomic E-state index is 0.112. The number of unbranched alkanes of at least 4 members (excludes halogenated alkanes) is 1. The maximum atomic E-state index is 12.1. The van der Waals surface area contributed by atoms with Crippen molar-refractivity contribution >= 4 is 23.3 Å². The van der Waals surface area contributed by atoms with Crippen LogP contribution in [0.4, 0.5) is 11.8 Å². The van der Waals surface area contributed by atoms with Gasteiger partial charge in [-0.05, 0) is 38.4 Å². The van der Waals surface area contributed by atoms with Crippen LogP contribution in [0.2, 0.25) is 0 Å². The summed E-state index contributed by atoms with van der Waals surface area (Å²) < 4.78 is 1.93. The smallest absolute Gasteiger partial charge is 0.228 e. The summed E-state index contributed by atoms with van der Waals surface area (Å²) in [4.78, 5) is 31.6. The van der Waals surface area contributed by atoms with E-state index in [2.05, 4.69) is 37.5 Å². The van der Waals surface area contributed by atoms with Crippen LogP contribution in [-0.4, -0.2) is 56.4 Å². The van der Waals surface area contributed by atoms with E-state index in [1.807, 2.05) is 16.7 Å². The molecular formula is C21H28N8O. The van der Waals surface area contributed by atoms with Crippen molar-refractivity contribution in [1.29, 1.82) is 0 Å². The lowest BCUT2D eigenvalue weighted by molar-refractivity contribution is -0.117. The monoisotopic (exact) mass is 408 g/mol. The molecule has 1 aliphatic heterocycles. The van der Waals surface area contributed by atoms with Crippen LogP contribution < -0.4 is 15.5 Å². The largest absolute Gasteiger partial charge is 0.354 e. The van der Waals surface area contributed by atoms with Crippen molar-refractivity contribution in [3.8, 4) is 11.4 Å². The number of nitrogens with zero attached hydrogens (tertiary/aromatic N) is 6. The van der Waals surface area contributed by atoms with Crippen LogP contribution in [0.25, 0.3) is 17.0 Å². The number of hydrogen-bond donors (Lipinski definition) is 2. The Bertz CT molecular complexity index is 1000. The van der Waals surface area contributed by atoms with Crippen LogP contribution in [0.3, 0.4) is 0 Å². The average molecular weight is 409 g/mol. The number of amides is 1. The molecule has 2 N–H and O–H groups in total. The highest BCUT2D eigenvalue weighted by atomic mass is 16.2. The van der Waals surface area contributed by atoms with Gasteiger partial charge >= 0.3 is 0 Å². The van der Waals surface area contributed by atoms with Crippen LogP contribution in [0.5, 0.6) is 0 Å². The minimum Gasteiger partial charge on any atom is -0.354 e. The molecule has 0 radical (unpaired) electrons. The minimum absolute atomic E-state index is 0.112. The summed E-state index contributed by atoms with van der Waals surface area (Å²) in [6.07, 6.45) is 11.9. The lowest BCUT2D eigenvalue weighted by Gasteiger charge is -2.14. The maximum absolute atomic E-state index is 12.1. The number of rotatable bonds is 10. The Morgan fingerprint density at radius 2 is 2.00 bits per heavy atom. The number of carbonyl (C=O) groups is 1. The molecule has 0 aromatic carbocycles. The molecule has 0 saturated carbocycles. The number of hydrogen-bond acceptors (Lipinski definition) is 7. The molecule has 1 fully saturated rings. The maximum Gasteiger partial charge on any atom is 0.228 e. The molecular weight excluding hydrogens is 380 g/mol. The highest BCUT2D eigenvalue weighted by Gasteiger charge is 2.23. The van der Waals surface area contributed by atoms with Gasteiger partial charge in [-0.15, -0.1) is 0 Å². The van der Waals surface area contributed by atoms with Crippen molar-refractivity contribution in [3.63, 3.8) is 0 Å². The fraction of sp³-hybridized carbons (Fsp3) is 0.476. The van der Waals surface area contributed by atoms with Crippen LogP contribution in [-0.2, 0) is 4.79 Å². The third-order valence-electron chi connectivity index (χ3n) is 5.17. The van der Waals surface area contributed by atoms with Gasteiger partial charge in [0.25, 0.3) is 0 Å². The first-order chi connectivity index (χ1) is 14.8. The predicted molar refractivity (Wildman–Crippen MR) is 116 cm³/mol. The van der Waals surface area contributed by atoms with E-state index in [-0.39, 0.29) is 5.91 Å². The van der Waals surface area contributed by atoms with Gasteiger partial charge in [0.1, 0.15) is 0 Å². The summed E-state index contributed by atoms with van der Waals surface area (Å²) in [5, 5.41) is 6.72. The molecule has 0 spiro atoms. The topological polar surface area (TPSA) is 100 Å². The Kier molecular flexibility index (Phi) is 6.48. The first kappa shape index (κ1) is 20.2. The third kappa shape index (κ3) is 4.56. The van der Waals surface area contributed by atoms with Crippen LogP contribution in [0.1, 0.15) is 39.0 Å². The van der Waals surface area contributed by atoms with E-state index in [1.54, 1.807) is 23.5 Å². The van der Waals surface area contributed by atoms with E-state index in [0.717, 1.165) is 43.9 Å². The molecule has 4 rings (SSSR count). The second kappa shape index (κ2) is 9.62. The Morgan fingerprint density at radius 3 is 2.83 bits per heavy atom. The van der Waals surface area contributed by atoms with Gasteiger partial charge in [-0.1, -0.05) is 13.3 Å². The van der Waals surface area contributed by atoms with E-state index < -0.39 is 0 Å². The molecule has 0 atom stereocenters. The fourth-order valence-electron chi connectivity index (χ4n) is 3.53. The number of anilines is 2. The molecule has 1 amide bonds. The number of imidazole rings is 1. The Labute approximate surface area is 176 Å². The van der Waals surface area contributed by atoms with Crippen molar-refractivity contribution in [1.82, 2.24) is 29.7 Å². The van der Waals surface area contributed by atoms with Gasteiger partial charge in [0, 0.05) is 25.7 Å². The number of carbonyl (C=O) groups excluding carboxylic acids is 1. The summed E-state index contributed by atoms with van der Waals surface area (Å²) in [5.41, 5.74) is 2.32. The molecule has 0 unspecified atom stereocenters. The Hall–Kier alpha value is -3.07. The van der Waals surface area contributed by atoms with Gasteiger partial charge in [-0.2, -0.15) is 0 Å². The molecule has 3 aromatic heterocycles. The summed E-state index contributed by atoms with van der Waals surface area (Å²) >= 11 is 0. The predicted octanol–water partition coefficient (Wildman–Crippen LogP) is 2.50. The van der Waals surface area contributed by atoms with Crippen LogP contribution in [0, 0.1) is 0 Å². The van der Waals surface area contributed by atoms with Crippen molar-refractivity contribution < 1.29 is 4.79 Å². The summed E-state index contributed by atoms with van der Waals surface area (Å²) in [5.74, 6) is 1.36. The molecule has 9 nitrogen and oxygen atoms in total. The fourth-order valence-corrected chi connectivity index (χ4v) is 3.53. The lowest BCUT2D eigenvalue weighted by atomic mass is 10.3. The second-order valence-corrected chi connectivity index (χ2v) is 7.42. The van der Waals surface area contributed by atoms with Gasteiger partial charge in [0.05, 0.1) is 30.0 Å². The molecule has 30 heavy (non-hydrogen) atoms. The molecule has 9 heteroatoms. The summed E-state index contributed by atoms with van der Waals surface area (Å²) in [6, 6.07) is 1.86. The molecule has 4 heterocycles. The molecule has 3 aromatic rings. The SMILES string of the molecule is CCCCNCCCNc1nccc(-c2cnc3cnc(N4CCCC4=O)cn23)n1.